The van der Waals surface area contributed by atoms with Crippen molar-refractivity contribution >= 4 is 45.0 Å². The van der Waals surface area contributed by atoms with Crippen LogP contribution in [-0.2, 0) is 16.1 Å². The number of hydrogen-bond acceptors (Lipinski definition) is 4. The van der Waals surface area contributed by atoms with E-state index < -0.39 is 11.9 Å². The van der Waals surface area contributed by atoms with Crippen LogP contribution in [0.15, 0.2) is 41.4 Å². The molecule has 0 bridgehead atoms. The largest absolute Gasteiger partial charge is 0.468 e. The second kappa shape index (κ2) is 7.43. The third kappa shape index (κ3) is 3.71. The maximum atomic E-state index is 12.6. The highest BCUT2D eigenvalue weighted by Gasteiger charge is 2.14. The summed E-state index contributed by atoms with van der Waals surface area (Å²) in [5, 5.41) is 0.469. The molecule has 0 saturated heterocycles. The quantitative estimate of drug-likeness (QED) is 0.639. The lowest BCUT2D eigenvalue weighted by atomic mass is 10.1. The molecule has 0 spiro atoms. The van der Waals surface area contributed by atoms with Crippen LogP contribution in [0.4, 0.5) is 0 Å². The lowest BCUT2D eigenvalue weighted by molar-refractivity contribution is -0.141. The number of methoxy groups -OCH3 is 1. The number of rotatable bonds is 3. The molecule has 1 amide bonds. The number of carbonyl (C=O) groups is 2. The topological polar surface area (TPSA) is 60.7 Å². The Morgan fingerprint density at radius 1 is 1.23 bits per heavy atom. The van der Waals surface area contributed by atoms with Gasteiger partial charge in [0, 0.05) is 10.6 Å². The molecular weight excluding hydrogens is 372 g/mol. The highest BCUT2D eigenvalue weighted by molar-refractivity contribution is 7.16. The van der Waals surface area contributed by atoms with Gasteiger partial charge in [0.15, 0.2) is 4.80 Å². The average molecular weight is 389 g/mol. The molecule has 0 aliphatic rings. The van der Waals surface area contributed by atoms with Gasteiger partial charge in [-0.1, -0.05) is 35.1 Å². The molecule has 134 valence electrons. The standard InChI is InChI=1S/C19H17ClN2O3S/c1-11-7-12(2)17-15(8-11)22(10-16(23)25-3)19(26-17)21-18(24)13-5-4-6-14(20)9-13/h4-9H,10H2,1-3H3. The maximum Gasteiger partial charge on any atom is 0.325 e. The van der Waals surface area contributed by atoms with E-state index in [1.54, 1.807) is 28.8 Å². The minimum Gasteiger partial charge on any atom is -0.468 e. The van der Waals surface area contributed by atoms with Gasteiger partial charge in [-0.25, -0.2) is 0 Å². The first kappa shape index (κ1) is 18.4. The smallest absolute Gasteiger partial charge is 0.325 e. The van der Waals surface area contributed by atoms with Crippen molar-refractivity contribution in [3.63, 3.8) is 0 Å². The fraction of sp³-hybridized carbons (Fsp3) is 0.211. The van der Waals surface area contributed by atoms with Crippen molar-refractivity contribution in [3.8, 4) is 0 Å². The van der Waals surface area contributed by atoms with Crippen LogP contribution in [-0.4, -0.2) is 23.6 Å². The highest BCUT2D eigenvalue weighted by Crippen LogP contribution is 2.23. The molecule has 26 heavy (non-hydrogen) atoms. The highest BCUT2D eigenvalue weighted by atomic mass is 35.5. The molecular formula is C19H17ClN2O3S. The summed E-state index contributed by atoms with van der Waals surface area (Å²) in [6.45, 7) is 3.97. The third-order valence-electron chi connectivity index (χ3n) is 3.90. The molecule has 0 atom stereocenters. The van der Waals surface area contributed by atoms with Crippen LogP contribution in [0, 0.1) is 13.8 Å². The summed E-state index contributed by atoms with van der Waals surface area (Å²) in [5.41, 5.74) is 3.39. The molecule has 3 aromatic rings. The second-order valence-electron chi connectivity index (χ2n) is 5.90. The normalized spacial score (nSPS) is 11.8. The van der Waals surface area contributed by atoms with Crippen LogP contribution in [0.2, 0.25) is 5.02 Å². The predicted molar refractivity (Wildman–Crippen MR) is 103 cm³/mol. The van der Waals surface area contributed by atoms with Crippen molar-refractivity contribution < 1.29 is 14.3 Å². The van der Waals surface area contributed by atoms with Crippen LogP contribution in [0.25, 0.3) is 10.2 Å². The lowest BCUT2D eigenvalue weighted by Crippen LogP contribution is -2.22. The summed E-state index contributed by atoms with van der Waals surface area (Å²) in [6, 6.07) is 10.7. The van der Waals surface area contributed by atoms with Gasteiger partial charge >= 0.3 is 5.97 Å². The average Bonchev–Trinajstić information content (AvgIpc) is 2.92. The van der Waals surface area contributed by atoms with E-state index in [9.17, 15) is 9.59 Å². The first-order valence-electron chi connectivity index (χ1n) is 7.91. The van der Waals surface area contributed by atoms with Crippen molar-refractivity contribution in [3.05, 3.63) is 62.9 Å². The summed E-state index contributed by atoms with van der Waals surface area (Å²) in [6.07, 6.45) is 0. The molecule has 5 nitrogen and oxygen atoms in total. The zero-order chi connectivity index (χ0) is 18.8. The van der Waals surface area contributed by atoms with E-state index in [0.717, 1.165) is 21.3 Å². The van der Waals surface area contributed by atoms with E-state index in [4.69, 9.17) is 16.3 Å². The summed E-state index contributed by atoms with van der Waals surface area (Å²) in [4.78, 5) is 29.1. The minimum absolute atomic E-state index is 0.0128. The summed E-state index contributed by atoms with van der Waals surface area (Å²) in [7, 11) is 1.34. The SMILES string of the molecule is COC(=O)Cn1c(=NC(=O)c2cccc(Cl)c2)sc2c(C)cc(C)cc21. The Hall–Kier alpha value is -2.44. The van der Waals surface area contributed by atoms with Gasteiger partial charge in [-0.2, -0.15) is 4.99 Å². The lowest BCUT2D eigenvalue weighted by Gasteiger charge is -2.05. The fourth-order valence-corrected chi connectivity index (χ4v) is 3.99. The number of thiazole rings is 1. The zero-order valence-corrected chi connectivity index (χ0v) is 16.1. The molecule has 0 aliphatic heterocycles. The number of aromatic nitrogens is 1. The number of benzene rings is 2. The van der Waals surface area contributed by atoms with E-state index in [1.807, 2.05) is 19.9 Å². The summed E-state index contributed by atoms with van der Waals surface area (Å²) >= 11 is 7.33. The maximum absolute atomic E-state index is 12.6. The van der Waals surface area contributed by atoms with Crippen molar-refractivity contribution in [2.24, 2.45) is 4.99 Å². The molecule has 0 fully saturated rings. The van der Waals surface area contributed by atoms with E-state index in [2.05, 4.69) is 11.1 Å². The monoisotopic (exact) mass is 388 g/mol. The van der Waals surface area contributed by atoms with Crippen molar-refractivity contribution in [1.29, 1.82) is 0 Å². The number of halogens is 1. The number of ether oxygens (including phenoxy) is 1. The van der Waals surface area contributed by atoms with Gasteiger partial charge in [0.05, 0.1) is 17.3 Å². The van der Waals surface area contributed by atoms with Gasteiger partial charge in [-0.3, -0.25) is 9.59 Å². The summed E-state index contributed by atoms with van der Waals surface area (Å²) in [5.74, 6) is -0.812. The van der Waals surface area contributed by atoms with E-state index in [0.29, 0.717) is 15.4 Å². The number of aryl methyl sites for hydroxylation is 2. The molecule has 0 unspecified atom stereocenters. The van der Waals surface area contributed by atoms with Crippen molar-refractivity contribution in [2.45, 2.75) is 20.4 Å². The second-order valence-corrected chi connectivity index (χ2v) is 7.32. The van der Waals surface area contributed by atoms with Gasteiger partial charge in [0.25, 0.3) is 5.91 Å². The molecule has 0 aliphatic carbocycles. The van der Waals surface area contributed by atoms with Crippen LogP contribution >= 0.6 is 22.9 Å². The van der Waals surface area contributed by atoms with E-state index >= 15 is 0 Å². The molecule has 2 aromatic carbocycles. The Balaban J connectivity index is 2.20. The molecule has 0 N–H and O–H groups in total. The summed E-state index contributed by atoms with van der Waals surface area (Å²) < 4.78 is 7.49. The fourth-order valence-electron chi connectivity index (χ4n) is 2.72. The molecule has 1 heterocycles. The van der Waals surface area contributed by atoms with E-state index in [-0.39, 0.29) is 6.54 Å². The number of carbonyl (C=O) groups excluding carboxylic acids is 2. The Kier molecular flexibility index (Phi) is 5.25. The Morgan fingerprint density at radius 2 is 2.00 bits per heavy atom. The molecule has 7 heteroatoms. The van der Waals surface area contributed by atoms with Crippen LogP contribution < -0.4 is 4.80 Å². The number of hydrogen-bond donors (Lipinski definition) is 0. The molecule has 0 radical (unpaired) electrons. The van der Waals surface area contributed by atoms with Gasteiger partial charge in [0.1, 0.15) is 6.54 Å². The molecule has 0 saturated carbocycles. The van der Waals surface area contributed by atoms with Crippen LogP contribution in [0.5, 0.6) is 0 Å². The van der Waals surface area contributed by atoms with Gasteiger partial charge in [-0.15, -0.1) is 0 Å². The number of amides is 1. The number of nitrogens with zero attached hydrogens (tertiary/aromatic N) is 2. The first-order valence-corrected chi connectivity index (χ1v) is 9.10. The number of fused-ring (bicyclic) bond motifs is 1. The zero-order valence-electron chi connectivity index (χ0n) is 14.6. The predicted octanol–water partition coefficient (Wildman–Crippen LogP) is 3.89. The Bertz CT molecular complexity index is 1080. The Morgan fingerprint density at radius 3 is 2.69 bits per heavy atom. The van der Waals surface area contributed by atoms with Crippen molar-refractivity contribution in [1.82, 2.24) is 4.57 Å². The Labute approximate surface area is 159 Å². The number of esters is 1. The van der Waals surface area contributed by atoms with E-state index in [1.165, 1.54) is 18.4 Å². The van der Waals surface area contributed by atoms with Crippen LogP contribution in [0.3, 0.4) is 0 Å². The minimum atomic E-state index is -0.410. The van der Waals surface area contributed by atoms with Gasteiger partial charge < -0.3 is 9.30 Å². The van der Waals surface area contributed by atoms with Crippen molar-refractivity contribution in [2.75, 3.05) is 7.11 Å². The molecule has 3 rings (SSSR count). The van der Waals surface area contributed by atoms with Gasteiger partial charge in [-0.05, 0) is 49.2 Å². The molecule has 1 aromatic heterocycles. The van der Waals surface area contributed by atoms with Crippen LogP contribution in [0.1, 0.15) is 21.5 Å². The van der Waals surface area contributed by atoms with Gasteiger partial charge in [0.2, 0.25) is 0 Å². The first-order chi connectivity index (χ1) is 12.4. The third-order valence-corrected chi connectivity index (χ3v) is 5.36.